The van der Waals surface area contributed by atoms with Gasteiger partial charge in [-0.25, -0.2) is 0 Å². The van der Waals surface area contributed by atoms with Crippen molar-refractivity contribution in [3.05, 3.63) is 0 Å². The van der Waals surface area contributed by atoms with Crippen LogP contribution in [0.1, 0.15) is 51.9 Å². The third-order valence-corrected chi connectivity index (χ3v) is 6.99. The Morgan fingerprint density at radius 1 is 1.14 bits per heavy atom. The first-order valence-corrected chi connectivity index (χ1v) is 9.47. The van der Waals surface area contributed by atoms with Crippen LogP contribution < -0.4 is 0 Å². The number of fused-ring (bicyclic) bond motifs is 1. The molecule has 0 aromatic carbocycles. The number of carbonyl (C=O) groups excluding carboxylic acids is 2. The second-order valence-electron chi connectivity index (χ2n) is 6.78. The summed E-state index contributed by atoms with van der Waals surface area (Å²) in [6.07, 6.45) is 9.95. The van der Waals surface area contributed by atoms with E-state index in [0.29, 0.717) is 0 Å². The summed E-state index contributed by atoms with van der Waals surface area (Å²) >= 11 is 1.89. The fourth-order valence-corrected chi connectivity index (χ4v) is 5.14. The van der Waals surface area contributed by atoms with Gasteiger partial charge in [-0.05, 0) is 45.3 Å². The molecule has 0 bridgehead atoms. The lowest BCUT2D eigenvalue weighted by Gasteiger charge is -2.48. The van der Waals surface area contributed by atoms with Gasteiger partial charge in [-0.3, -0.25) is 9.59 Å². The van der Waals surface area contributed by atoms with Gasteiger partial charge in [-0.2, -0.15) is 11.8 Å². The molecule has 2 unspecified atom stereocenters. The van der Waals surface area contributed by atoms with Crippen LogP contribution in [0.15, 0.2) is 0 Å². The van der Waals surface area contributed by atoms with E-state index in [4.69, 9.17) is 0 Å². The smallest absolute Gasteiger partial charge is 0.246 e. The van der Waals surface area contributed by atoms with Crippen molar-refractivity contribution in [2.24, 2.45) is 0 Å². The van der Waals surface area contributed by atoms with Crippen LogP contribution in [-0.4, -0.2) is 57.8 Å². The van der Waals surface area contributed by atoms with Crippen LogP contribution in [0.3, 0.4) is 0 Å². The topological polar surface area (TPSA) is 40.6 Å². The third kappa shape index (κ3) is 2.58. The zero-order chi connectivity index (χ0) is 15.0. The number of thioether (sulfide) groups is 1. The van der Waals surface area contributed by atoms with Crippen LogP contribution in [0.2, 0.25) is 0 Å². The quantitative estimate of drug-likeness (QED) is 0.803. The van der Waals surface area contributed by atoms with E-state index in [2.05, 4.69) is 6.26 Å². The Kier molecular flexibility index (Phi) is 4.21. The zero-order valence-corrected chi connectivity index (χ0v) is 14.0. The maximum absolute atomic E-state index is 12.9. The van der Waals surface area contributed by atoms with Crippen LogP contribution in [0.25, 0.3) is 0 Å². The van der Waals surface area contributed by atoms with Gasteiger partial charge in [0.25, 0.3) is 0 Å². The van der Waals surface area contributed by atoms with E-state index in [1.54, 1.807) is 0 Å². The molecule has 2 aliphatic heterocycles. The fourth-order valence-electron chi connectivity index (χ4n) is 4.18. The first-order chi connectivity index (χ1) is 10.1. The number of piperazine rings is 1. The first-order valence-electron chi connectivity index (χ1n) is 8.24. The van der Waals surface area contributed by atoms with Crippen LogP contribution in [0.5, 0.6) is 0 Å². The molecule has 4 nitrogen and oxygen atoms in total. The van der Waals surface area contributed by atoms with Gasteiger partial charge in [-0.15, -0.1) is 0 Å². The number of rotatable bonds is 3. The van der Waals surface area contributed by atoms with Gasteiger partial charge >= 0.3 is 0 Å². The molecule has 3 aliphatic rings. The predicted molar refractivity (Wildman–Crippen MR) is 85.2 cm³/mol. The lowest BCUT2D eigenvalue weighted by atomic mass is 9.94. The van der Waals surface area contributed by atoms with E-state index in [-0.39, 0.29) is 28.6 Å². The van der Waals surface area contributed by atoms with Gasteiger partial charge in [0, 0.05) is 17.8 Å². The van der Waals surface area contributed by atoms with Crippen LogP contribution in [0.4, 0.5) is 0 Å². The largest absolute Gasteiger partial charge is 0.329 e. The molecule has 3 fully saturated rings. The fraction of sp³-hybridized carbons (Fsp3) is 0.875. The van der Waals surface area contributed by atoms with Crippen LogP contribution in [0, 0.1) is 0 Å². The summed E-state index contributed by atoms with van der Waals surface area (Å²) in [4.78, 5) is 29.2. The molecular weight excluding hydrogens is 284 g/mol. The van der Waals surface area contributed by atoms with Crippen molar-refractivity contribution in [2.75, 3.05) is 19.3 Å². The van der Waals surface area contributed by atoms with Gasteiger partial charge in [-0.1, -0.05) is 12.8 Å². The van der Waals surface area contributed by atoms with E-state index in [1.807, 2.05) is 28.5 Å². The number of piperidine rings is 1. The molecule has 0 radical (unpaired) electrons. The van der Waals surface area contributed by atoms with E-state index in [0.717, 1.165) is 32.4 Å². The molecule has 2 heterocycles. The SMILES string of the molecule is CSC1(CN2C(=O)C3CCCCN3C(=O)C2C)CCCC1. The molecule has 2 atom stereocenters. The Bertz CT molecular complexity index is 434. The minimum absolute atomic E-state index is 0.161. The molecule has 21 heavy (non-hydrogen) atoms. The van der Waals surface area contributed by atoms with E-state index < -0.39 is 0 Å². The van der Waals surface area contributed by atoms with E-state index >= 15 is 0 Å². The minimum atomic E-state index is -0.281. The second kappa shape index (κ2) is 5.82. The molecule has 118 valence electrons. The molecular formula is C16H26N2O2S. The number of hydrogen-bond acceptors (Lipinski definition) is 3. The highest BCUT2D eigenvalue weighted by molar-refractivity contribution is 8.00. The molecule has 0 aromatic rings. The molecule has 0 N–H and O–H groups in total. The van der Waals surface area contributed by atoms with Crippen molar-refractivity contribution in [3.63, 3.8) is 0 Å². The molecule has 5 heteroatoms. The Balaban J connectivity index is 1.80. The Morgan fingerprint density at radius 2 is 1.86 bits per heavy atom. The van der Waals surface area contributed by atoms with Crippen molar-refractivity contribution in [1.82, 2.24) is 9.80 Å². The minimum Gasteiger partial charge on any atom is -0.329 e. The average molecular weight is 310 g/mol. The maximum atomic E-state index is 12.9. The lowest BCUT2D eigenvalue weighted by Crippen LogP contribution is -2.66. The van der Waals surface area contributed by atoms with Gasteiger partial charge in [0.05, 0.1) is 0 Å². The standard InChI is InChI=1S/C16H26N2O2S/c1-12-14(19)17-10-6-3-7-13(17)15(20)18(12)11-16(21-2)8-4-5-9-16/h12-13H,3-11H2,1-2H3. The second-order valence-corrected chi connectivity index (χ2v) is 8.05. The molecule has 0 spiro atoms. The van der Waals surface area contributed by atoms with Gasteiger partial charge in [0.15, 0.2) is 0 Å². The lowest BCUT2D eigenvalue weighted by molar-refractivity contribution is -0.163. The van der Waals surface area contributed by atoms with Crippen molar-refractivity contribution in [2.45, 2.75) is 68.7 Å². The summed E-state index contributed by atoms with van der Waals surface area (Å²) in [6.45, 7) is 3.43. The predicted octanol–water partition coefficient (Wildman–Crippen LogP) is 2.27. The normalized spacial score (nSPS) is 32.5. The van der Waals surface area contributed by atoms with Crippen molar-refractivity contribution in [1.29, 1.82) is 0 Å². The highest BCUT2D eigenvalue weighted by Crippen LogP contribution is 2.42. The van der Waals surface area contributed by atoms with Gasteiger partial charge in [0.1, 0.15) is 12.1 Å². The molecule has 1 aliphatic carbocycles. The van der Waals surface area contributed by atoms with Gasteiger partial charge in [0.2, 0.25) is 11.8 Å². The Labute approximate surface area is 131 Å². The van der Waals surface area contributed by atoms with E-state index in [1.165, 1.54) is 25.7 Å². The number of amides is 2. The average Bonchev–Trinajstić information content (AvgIpc) is 2.99. The van der Waals surface area contributed by atoms with Crippen molar-refractivity contribution in [3.8, 4) is 0 Å². The van der Waals surface area contributed by atoms with Crippen LogP contribution in [-0.2, 0) is 9.59 Å². The highest BCUT2D eigenvalue weighted by Gasteiger charge is 2.47. The highest BCUT2D eigenvalue weighted by atomic mass is 32.2. The summed E-state index contributed by atoms with van der Waals surface area (Å²) < 4.78 is 0.182. The number of hydrogen-bond donors (Lipinski definition) is 0. The van der Waals surface area contributed by atoms with Gasteiger partial charge < -0.3 is 9.80 Å². The van der Waals surface area contributed by atoms with Crippen molar-refractivity contribution >= 4 is 23.6 Å². The Hall–Kier alpha value is -0.710. The van der Waals surface area contributed by atoms with E-state index in [9.17, 15) is 9.59 Å². The molecule has 3 rings (SSSR count). The number of nitrogens with zero attached hydrogens (tertiary/aromatic N) is 2. The first kappa shape index (κ1) is 15.2. The van der Waals surface area contributed by atoms with Crippen LogP contribution >= 0.6 is 11.8 Å². The monoisotopic (exact) mass is 310 g/mol. The molecule has 2 amide bonds. The molecule has 2 saturated heterocycles. The summed E-state index contributed by atoms with van der Waals surface area (Å²) in [5, 5.41) is 0. The Morgan fingerprint density at radius 3 is 2.52 bits per heavy atom. The van der Waals surface area contributed by atoms with Crippen molar-refractivity contribution < 1.29 is 9.59 Å². The molecule has 1 saturated carbocycles. The summed E-state index contributed by atoms with van der Waals surface area (Å²) in [5.41, 5.74) is 0. The maximum Gasteiger partial charge on any atom is 0.246 e. The summed E-state index contributed by atoms with van der Waals surface area (Å²) in [6, 6.07) is -0.459. The summed E-state index contributed by atoms with van der Waals surface area (Å²) in [7, 11) is 0. The third-order valence-electron chi connectivity index (χ3n) is 5.59. The zero-order valence-electron chi connectivity index (χ0n) is 13.1. The molecule has 0 aromatic heterocycles. The number of carbonyl (C=O) groups is 2. The summed E-state index contributed by atoms with van der Waals surface area (Å²) in [5.74, 6) is 0.357.